The third-order valence-corrected chi connectivity index (χ3v) is 4.00. The van der Waals surface area contributed by atoms with Crippen LogP contribution < -0.4 is 5.32 Å². The Morgan fingerprint density at radius 3 is 2.21 bits per heavy atom. The van der Waals surface area contributed by atoms with Crippen LogP contribution in [0, 0.1) is 11.6 Å². The minimum atomic E-state index is -4.56. The second kappa shape index (κ2) is 7.51. The van der Waals surface area contributed by atoms with Gasteiger partial charge in [0.05, 0.1) is 16.3 Å². The van der Waals surface area contributed by atoms with Crippen LogP contribution in [-0.4, -0.2) is 16.1 Å². The first kappa shape index (κ1) is 19.7. The molecule has 10 heteroatoms. The fourth-order valence-corrected chi connectivity index (χ4v) is 2.55. The van der Waals surface area contributed by atoms with E-state index in [1.807, 2.05) is 0 Å². The van der Waals surface area contributed by atoms with Crippen molar-refractivity contribution in [3.8, 4) is 11.3 Å². The van der Waals surface area contributed by atoms with Crippen LogP contribution in [0.1, 0.15) is 15.9 Å². The molecule has 0 radical (unpaired) electrons. The number of nitrogens with one attached hydrogen (secondary N) is 1. The second-order valence-corrected chi connectivity index (χ2v) is 5.95. The molecule has 3 rings (SSSR count). The maximum absolute atomic E-state index is 13.6. The number of hydrogen-bond donors (Lipinski definition) is 1. The summed E-state index contributed by atoms with van der Waals surface area (Å²) in [5.41, 5.74) is -1.71. The van der Waals surface area contributed by atoms with E-state index in [4.69, 9.17) is 11.6 Å². The molecule has 2 aromatic carbocycles. The van der Waals surface area contributed by atoms with E-state index in [2.05, 4.69) is 15.5 Å². The molecule has 0 atom stereocenters. The number of carbonyl (C=O) groups is 1. The van der Waals surface area contributed by atoms with Crippen LogP contribution in [0.4, 0.5) is 27.8 Å². The SMILES string of the molecule is O=C(Nc1ccc(-c2cc(C(F)(F)F)ccc2Cl)nn1)c1c(F)cccc1F. The van der Waals surface area contributed by atoms with Gasteiger partial charge in [0.15, 0.2) is 5.82 Å². The van der Waals surface area contributed by atoms with E-state index < -0.39 is 34.8 Å². The van der Waals surface area contributed by atoms with Gasteiger partial charge in [-0.15, -0.1) is 10.2 Å². The van der Waals surface area contributed by atoms with Gasteiger partial charge in [0.25, 0.3) is 5.91 Å². The molecule has 0 fully saturated rings. The Balaban J connectivity index is 1.86. The van der Waals surface area contributed by atoms with Crippen LogP contribution in [0.3, 0.4) is 0 Å². The van der Waals surface area contributed by atoms with Crippen molar-refractivity contribution in [3.05, 3.63) is 76.3 Å². The molecule has 0 aliphatic rings. The lowest BCUT2D eigenvalue weighted by Gasteiger charge is -2.10. The molecule has 0 spiro atoms. The molecule has 144 valence electrons. The van der Waals surface area contributed by atoms with Crippen molar-refractivity contribution in [1.82, 2.24) is 10.2 Å². The van der Waals surface area contributed by atoms with Crippen molar-refractivity contribution >= 4 is 23.3 Å². The number of benzene rings is 2. The Hall–Kier alpha value is -3.07. The molecule has 0 unspecified atom stereocenters. The predicted molar refractivity (Wildman–Crippen MR) is 91.8 cm³/mol. The number of aromatic nitrogens is 2. The molecule has 28 heavy (non-hydrogen) atoms. The minimum absolute atomic E-state index is 0.0120. The molecule has 1 heterocycles. The van der Waals surface area contributed by atoms with Crippen LogP contribution in [-0.2, 0) is 6.18 Å². The summed E-state index contributed by atoms with van der Waals surface area (Å²) in [5.74, 6) is -3.36. The highest BCUT2D eigenvalue weighted by molar-refractivity contribution is 6.33. The van der Waals surface area contributed by atoms with Gasteiger partial charge in [-0.1, -0.05) is 17.7 Å². The summed E-state index contributed by atoms with van der Waals surface area (Å²) in [6.45, 7) is 0. The molecule has 4 nitrogen and oxygen atoms in total. The van der Waals surface area contributed by atoms with E-state index in [-0.39, 0.29) is 22.1 Å². The third-order valence-electron chi connectivity index (χ3n) is 3.67. The number of halogens is 6. The van der Waals surface area contributed by atoms with E-state index in [0.717, 1.165) is 36.4 Å². The standard InChI is InChI=1S/C18H9ClF5N3O/c19-11-5-4-9(18(22,23)24)8-10(11)14-6-7-15(27-26-14)25-17(28)16-12(20)2-1-3-13(16)21/h1-8H,(H,25,27,28). The molecule has 3 aromatic rings. The minimum Gasteiger partial charge on any atom is -0.305 e. The molecular formula is C18H9ClF5N3O. The Morgan fingerprint density at radius 2 is 1.64 bits per heavy atom. The van der Waals surface area contributed by atoms with Crippen molar-refractivity contribution in [2.75, 3.05) is 5.32 Å². The van der Waals surface area contributed by atoms with Crippen LogP contribution in [0.2, 0.25) is 5.02 Å². The fourth-order valence-electron chi connectivity index (χ4n) is 2.33. The van der Waals surface area contributed by atoms with Crippen LogP contribution >= 0.6 is 11.6 Å². The zero-order valence-corrected chi connectivity index (χ0v) is 14.4. The molecule has 1 aromatic heterocycles. The summed E-state index contributed by atoms with van der Waals surface area (Å²) >= 11 is 5.93. The third kappa shape index (κ3) is 4.09. The van der Waals surface area contributed by atoms with Gasteiger partial charge >= 0.3 is 6.18 Å². The van der Waals surface area contributed by atoms with Gasteiger partial charge in [0.2, 0.25) is 0 Å². The number of rotatable bonds is 3. The Bertz CT molecular complexity index is 1020. The zero-order chi connectivity index (χ0) is 20.5. The van der Waals surface area contributed by atoms with E-state index in [0.29, 0.717) is 0 Å². The molecule has 0 aliphatic carbocycles. The van der Waals surface area contributed by atoms with E-state index in [9.17, 15) is 26.7 Å². The van der Waals surface area contributed by atoms with Crippen molar-refractivity contribution < 1.29 is 26.7 Å². The Morgan fingerprint density at radius 1 is 0.964 bits per heavy atom. The predicted octanol–water partition coefficient (Wildman–Crippen LogP) is 5.35. The summed E-state index contributed by atoms with van der Waals surface area (Å²) in [7, 11) is 0. The van der Waals surface area contributed by atoms with Gasteiger partial charge in [-0.25, -0.2) is 8.78 Å². The number of carbonyl (C=O) groups excluding carboxylic acids is 1. The first-order valence-corrected chi connectivity index (χ1v) is 8.01. The van der Waals surface area contributed by atoms with Gasteiger partial charge < -0.3 is 5.32 Å². The van der Waals surface area contributed by atoms with Crippen LogP contribution in [0.15, 0.2) is 48.5 Å². The average Bonchev–Trinajstić information content (AvgIpc) is 2.62. The average molecular weight is 414 g/mol. The molecule has 0 saturated heterocycles. The van der Waals surface area contributed by atoms with E-state index in [1.54, 1.807) is 0 Å². The van der Waals surface area contributed by atoms with E-state index >= 15 is 0 Å². The molecule has 0 aliphatic heterocycles. The largest absolute Gasteiger partial charge is 0.416 e. The maximum Gasteiger partial charge on any atom is 0.416 e. The first-order valence-electron chi connectivity index (χ1n) is 7.63. The van der Waals surface area contributed by atoms with Crippen molar-refractivity contribution in [2.45, 2.75) is 6.18 Å². The van der Waals surface area contributed by atoms with Crippen LogP contribution in [0.25, 0.3) is 11.3 Å². The summed E-state index contributed by atoms with van der Waals surface area (Å²) in [4.78, 5) is 12.0. The lowest BCUT2D eigenvalue weighted by molar-refractivity contribution is -0.137. The molecule has 1 amide bonds. The summed E-state index contributed by atoms with van der Waals surface area (Å²) in [6, 6.07) is 8.16. The normalized spacial score (nSPS) is 11.4. The Labute approximate surface area is 160 Å². The molecule has 0 saturated carbocycles. The fraction of sp³-hybridized carbons (Fsp3) is 0.0556. The van der Waals surface area contributed by atoms with Gasteiger partial charge in [-0.2, -0.15) is 13.2 Å². The smallest absolute Gasteiger partial charge is 0.305 e. The number of anilines is 1. The monoisotopic (exact) mass is 413 g/mol. The quantitative estimate of drug-likeness (QED) is 0.589. The van der Waals surface area contributed by atoms with Crippen LogP contribution in [0.5, 0.6) is 0 Å². The van der Waals surface area contributed by atoms with Gasteiger partial charge in [0, 0.05) is 5.56 Å². The second-order valence-electron chi connectivity index (χ2n) is 5.55. The highest BCUT2D eigenvalue weighted by Crippen LogP contribution is 2.35. The molecular weight excluding hydrogens is 405 g/mol. The highest BCUT2D eigenvalue weighted by atomic mass is 35.5. The number of amides is 1. The number of hydrogen-bond acceptors (Lipinski definition) is 3. The number of alkyl halides is 3. The number of nitrogens with zero attached hydrogens (tertiary/aromatic N) is 2. The first-order chi connectivity index (χ1) is 13.2. The van der Waals surface area contributed by atoms with Gasteiger partial charge in [0.1, 0.15) is 17.2 Å². The molecule has 1 N–H and O–H groups in total. The van der Waals surface area contributed by atoms with Crippen molar-refractivity contribution in [3.63, 3.8) is 0 Å². The van der Waals surface area contributed by atoms with Crippen molar-refractivity contribution in [2.24, 2.45) is 0 Å². The summed E-state index contributed by atoms with van der Waals surface area (Å²) in [6.07, 6.45) is -4.56. The summed E-state index contributed by atoms with van der Waals surface area (Å²) in [5, 5.41) is 9.55. The zero-order valence-electron chi connectivity index (χ0n) is 13.7. The van der Waals surface area contributed by atoms with E-state index in [1.165, 1.54) is 12.1 Å². The van der Waals surface area contributed by atoms with Gasteiger partial charge in [-0.05, 0) is 42.5 Å². The maximum atomic E-state index is 13.6. The topological polar surface area (TPSA) is 54.9 Å². The molecule has 0 bridgehead atoms. The van der Waals surface area contributed by atoms with Gasteiger partial charge in [-0.3, -0.25) is 4.79 Å². The lowest BCUT2D eigenvalue weighted by atomic mass is 10.1. The Kier molecular flexibility index (Phi) is 5.28. The highest BCUT2D eigenvalue weighted by Gasteiger charge is 2.31. The van der Waals surface area contributed by atoms with Crippen molar-refractivity contribution in [1.29, 1.82) is 0 Å². The lowest BCUT2D eigenvalue weighted by Crippen LogP contribution is -2.17. The summed E-state index contributed by atoms with van der Waals surface area (Å²) < 4.78 is 65.8.